The van der Waals surface area contributed by atoms with Gasteiger partial charge < -0.3 is 14.7 Å². The molecule has 18 heavy (non-hydrogen) atoms. The molecular formula is C14H25NO3. The summed E-state index contributed by atoms with van der Waals surface area (Å²) in [6.07, 6.45) is 6.76. The number of amides is 1. The van der Waals surface area contributed by atoms with Gasteiger partial charge in [0, 0.05) is 13.0 Å². The lowest BCUT2D eigenvalue weighted by atomic mass is 10.0. The number of rotatable bonds is 4. The SMILES string of the molecule is CC1COC(CO)CN1C(=O)CCC1CCCC1. The minimum atomic E-state index is -0.198. The van der Waals surface area contributed by atoms with E-state index in [2.05, 4.69) is 0 Å². The molecule has 0 aromatic carbocycles. The van der Waals surface area contributed by atoms with Gasteiger partial charge in [-0.15, -0.1) is 0 Å². The maximum atomic E-state index is 12.2. The van der Waals surface area contributed by atoms with Crippen molar-refractivity contribution in [3.05, 3.63) is 0 Å². The first kappa shape index (κ1) is 13.8. The predicted molar refractivity (Wildman–Crippen MR) is 69.2 cm³/mol. The molecule has 1 N–H and O–H groups in total. The Kier molecular flexibility index (Phi) is 5.01. The van der Waals surface area contributed by atoms with Gasteiger partial charge in [-0.25, -0.2) is 0 Å². The number of nitrogens with zero attached hydrogens (tertiary/aromatic N) is 1. The molecule has 104 valence electrons. The molecule has 2 unspecified atom stereocenters. The van der Waals surface area contributed by atoms with E-state index in [-0.39, 0.29) is 24.7 Å². The van der Waals surface area contributed by atoms with Crippen molar-refractivity contribution in [1.29, 1.82) is 0 Å². The monoisotopic (exact) mass is 255 g/mol. The Morgan fingerprint density at radius 2 is 2.11 bits per heavy atom. The first-order chi connectivity index (χ1) is 8.70. The molecule has 2 rings (SSSR count). The first-order valence-electron chi connectivity index (χ1n) is 7.22. The highest BCUT2D eigenvalue weighted by molar-refractivity contribution is 5.76. The maximum Gasteiger partial charge on any atom is 0.222 e. The van der Waals surface area contributed by atoms with Crippen molar-refractivity contribution in [2.75, 3.05) is 19.8 Å². The Morgan fingerprint density at radius 3 is 2.78 bits per heavy atom. The van der Waals surface area contributed by atoms with Crippen LogP contribution < -0.4 is 0 Å². The fourth-order valence-electron chi connectivity index (χ4n) is 3.05. The minimum Gasteiger partial charge on any atom is -0.394 e. The largest absolute Gasteiger partial charge is 0.394 e. The van der Waals surface area contributed by atoms with Crippen LogP contribution in [-0.2, 0) is 9.53 Å². The second-order valence-corrected chi connectivity index (χ2v) is 5.72. The summed E-state index contributed by atoms with van der Waals surface area (Å²) in [6, 6.07) is 0.142. The smallest absolute Gasteiger partial charge is 0.222 e. The maximum absolute atomic E-state index is 12.2. The Balaban J connectivity index is 1.78. The van der Waals surface area contributed by atoms with Crippen LogP contribution in [0, 0.1) is 5.92 Å². The second-order valence-electron chi connectivity index (χ2n) is 5.72. The Hall–Kier alpha value is -0.610. The molecule has 2 fully saturated rings. The zero-order valence-electron chi connectivity index (χ0n) is 11.3. The third-order valence-corrected chi connectivity index (χ3v) is 4.27. The van der Waals surface area contributed by atoms with Crippen LogP contribution in [0.15, 0.2) is 0 Å². The van der Waals surface area contributed by atoms with Crippen LogP contribution in [0.1, 0.15) is 45.4 Å². The molecule has 1 saturated heterocycles. The Labute approximate surface area is 109 Å². The van der Waals surface area contributed by atoms with Gasteiger partial charge in [-0.05, 0) is 19.3 Å². The molecule has 0 bridgehead atoms. The van der Waals surface area contributed by atoms with Crippen molar-refractivity contribution < 1.29 is 14.6 Å². The Morgan fingerprint density at radius 1 is 1.39 bits per heavy atom. The van der Waals surface area contributed by atoms with E-state index >= 15 is 0 Å². The molecule has 4 heteroatoms. The third kappa shape index (κ3) is 3.45. The van der Waals surface area contributed by atoms with Crippen molar-refractivity contribution in [2.24, 2.45) is 5.92 Å². The number of hydrogen-bond donors (Lipinski definition) is 1. The van der Waals surface area contributed by atoms with E-state index in [9.17, 15) is 4.79 Å². The summed E-state index contributed by atoms with van der Waals surface area (Å²) in [5.74, 6) is 0.995. The molecule has 1 amide bonds. The summed E-state index contributed by atoms with van der Waals surface area (Å²) < 4.78 is 5.45. The van der Waals surface area contributed by atoms with E-state index in [4.69, 9.17) is 9.84 Å². The van der Waals surface area contributed by atoms with Gasteiger partial charge in [0.2, 0.25) is 5.91 Å². The van der Waals surface area contributed by atoms with Crippen molar-refractivity contribution in [1.82, 2.24) is 4.90 Å². The molecule has 0 aromatic heterocycles. The van der Waals surface area contributed by atoms with Crippen LogP contribution in [0.5, 0.6) is 0 Å². The topological polar surface area (TPSA) is 49.8 Å². The van der Waals surface area contributed by atoms with Gasteiger partial charge in [-0.2, -0.15) is 0 Å². The summed E-state index contributed by atoms with van der Waals surface area (Å²) in [5.41, 5.74) is 0. The zero-order chi connectivity index (χ0) is 13.0. The van der Waals surface area contributed by atoms with Gasteiger partial charge in [0.05, 0.1) is 25.4 Å². The van der Waals surface area contributed by atoms with E-state index in [0.717, 1.165) is 12.3 Å². The van der Waals surface area contributed by atoms with E-state index < -0.39 is 0 Å². The molecule has 0 radical (unpaired) electrons. The highest BCUT2D eigenvalue weighted by atomic mass is 16.5. The van der Waals surface area contributed by atoms with Crippen LogP contribution in [0.4, 0.5) is 0 Å². The molecule has 1 aliphatic carbocycles. The first-order valence-corrected chi connectivity index (χ1v) is 7.22. The molecule has 1 saturated carbocycles. The zero-order valence-corrected chi connectivity index (χ0v) is 11.3. The molecule has 0 aromatic rings. The lowest BCUT2D eigenvalue weighted by molar-refractivity contribution is -0.146. The molecule has 2 aliphatic rings. The molecule has 4 nitrogen and oxygen atoms in total. The quantitative estimate of drug-likeness (QED) is 0.829. The van der Waals surface area contributed by atoms with Gasteiger partial charge in [0.1, 0.15) is 0 Å². The number of carbonyl (C=O) groups is 1. The van der Waals surface area contributed by atoms with Crippen LogP contribution in [0.25, 0.3) is 0 Å². The summed E-state index contributed by atoms with van der Waals surface area (Å²) in [6.45, 7) is 3.10. The Bertz CT molecular complexity index is 276. The van der Waals surface area contributed by atoms with E-state index in [1.54, 1.807) is 0 Å². The molecule has 0 spiro atoms. The number of morpholine rings is 1. The van der Waals surface area contributed by atoms with Crippen molar-refractivity contribution in [3.8, 4) is 0 Å². The van der Waals surface area contributed by atoms with Crippen molar-refractivity contribution >= 4 is 5.91 Å². The summed E-state index contributed by atoms with van der Waals surface area (Å²) in [5, 5.41) is 9.12. The molecule has 2 atom stereocenters. The molecule has 1 heterocycles. The number of hydrogen-bond acceptors (Lipinski definition) is 3. The number of aliphatic hydroxyl groups excluding tert-OH is 1. The standard InChI is InChI=1S/C14H25NO3/c1-11-10-18-13(9-16)8-15(11)14(17)7-6-12-4-2-3-5-12/h11-13,16H,2-10H2,1H3. The summed E-state index contributed by atoms with van der Waals surface area (Å²) in [7, 11) is 0. The lowest BCUT2D eigenvalue weighted by Gasteiger charge is -2.37. The highest BCUT2D eigenvalue weighted by Gasteiger charge is 2.29. The fourth-order valence-corrected chi connectivity index (χ4v) is 3.05. The van der Waals surface area contributed by atoms with Crippen LogP contribution in [-0.4, -0.2) is 47.8 Å². The fraction of sp³-hybridized carbons (Fsp3) is 0.929. The van der Waals surface area contributed by atoms with Gasteiger partial charge in [-0.3, -0.25) is 4.79 Å². The molecular weight excluding hydrogens is 230 g/mol. The van der Waals surface area contributed by atoms with Crippen LogP contribution >= 0.6 is 0 Å². The second kappa shape index (κ2) is 6.53. The number of ether oxygens (including phenoxy) is 1. The van der Waals surface area contributed by atoms with E-state index in [1.807, 2.05) is 11.8 Å². The van der Waals surface area contributed by atoms with Gasteiger partial charge in [0.25, 0.3) is 0 Å². The number of carbonyl (C=O) groups excluding carboxylic acids is 1. The predicted octanol–water partition coefficient (Wildman–Crippen LogP) is 1.56. The van der Waals surface area contributed by atoms with Crippen molar-refractivity contribution in [3.63, 3.8) is 0 Å². The van der Waals surface area contributed by atoms with Gasteiger partial charge in [0.15, 0.2) is 0 Å². The van der Waals surface area contributed by atoms with E-state index in [1.165, 1.54) is 25.7 Å². The third-order valence-electron chi connectivity index (χ3n) is 4.27. The summed E-state index contributed by atoms with van der Waals surface area (Å²) >= 11 is 0. The van der Waals surface area contributed by atoms with Gasteiger partial charge in [-0.1, -0.05) is 25.7 Å². The van der Waals surface area contributed by atoms with Crippen LogP contribution in [0.2, 0.25) is 0 Å². The van der Waals surface area contributed by atoms with Crippen molar-refractivity contribution in [2.45, 2.75) is 57.6 Å². The van der Waals surface area contributed by atoms with E-state index in [0.29, 0.717) is 19.6 Å². The number of aliphatic hydroxyl groups is 1. The average Bonchev–Trinajstić information content (AvgIpc) is 2.89. The summed E-state index contributed by atoms with van der Waals surface area (Å²) in [4.78, 5) is 14.1. The van der Waals surface area contributed by atoms with Gasteiger partial charge >= 0.3 is 0 Å². The lowest BCUT2D eigenvalue weighted by Crippen LogP contribution is -2.52. The van der Waals surface area contributed by atoms with Crippen LogP contribution in [0.3, 0.4) is 0 Å². The normalized spacial score (nSPS) is 29.8. The average molecular weight is 255 g/mol. The molecule has 1 aliphatic heterocycles. The minimum absolute atomic E-state index is 0.000868. The highest BCUT2D eigenvalue weighted by Crippen LogP contribution is 2.29.